The van der Waals surface area contributed by atoms with Crippen LogP contribution in [0.5, 0.6) is 0 Å². The molecule has 4 aromatic rings. The van der Waals surface area contributed by atoms with Crippen molar-refractivity contribution in [1.29, 1.82) is 0 Å². The zero-order valence-electron chi connectivity index (χ0n) is 19.6. The van der Waals surface area contributed by atoms with Crippen LogP contribution < -0.4 is 5.43 Å². The van der Waals surface area contributed by atoms with Gasteiger partial charge in [-0.25, -0.2) is 0 Å². The molecule has 5 rings (SSSR count). The molecule has 35 heavy (non-hydrogen) atoms. The predicted octanol–water partition coefficient (Wildman–Crippen LogP) is 5.08. The summed E-state index contributed by atoms with van der Waals surface area (Å²) in [6.45, 7) is 3.86. The second-order valence-corrected chi connectivity index (χ2v) is 8.95. The third-order valence-corrected chi connectivity index (χ3v) is 6.30. The van der Waals surface area contributed by atoms with E-state index in [0.717, 1.165) is 17.0 Å². The van der Waals surface area contributed by atoms with Crippen molar-refractivity contribution < 1.29 is 14.4 Å². The highest BCUT2D eigenvalue weighted by atomic mass is 16.2. The van der Waals surface area contributed by atoms with Crippen LogP contribution in [-0.4, -0.2) is 27.7 Å². The molecule has 1 N–H and O–H groups in total. The number of fused-ring (bicyclic) bond motifs is 3. The second kappa shape index (κ2) is 9.14. The maximum absolute atomic E-state index is 13.4. The fraction of sp³-hybridized carbons (Fsp3) is 0.172. The predicted molar refractivity (Wildman–Crippen MR) is 134 cm³/mol. The van der Waals surface area contributed by atoms with Gasteiger partial charge >= 0.3 is 0 Å². The van der Waals surface area contributed by atoms with Crippen molar-refractivity contribution in [1.82, 2.24) is 15.4 Å². The molecule has 0 spiro atoms. The first-order valence-electron chi connectivity index (χ1n) is 11.7. The SMILES string of the molecule is CC(C)c1nc2ccccc2c2c1C(=O)N(NC(=O)c1ccccc1CCc1ccccc1)C2=O. The van der Waals surface area contributed by atoms with Crippen LogP contribution in [0.3, 0.4) is 0 Å². The number of aromatic nitrogens is 1. The second-order valence-electron chi connectivity index (χ2n) is 8.95. The van der Waals surface area contributed by atoms with Gasteiger partial charge in [-0.05, 0) is 42.0 Å². The number of carbonyl (C=O) groups excluding carboxylic acids is 3. The van der Waals surface area contributed by atoms with Gasteiger partial charge in [-0.2, -0.15) is 5.01 Å². The number of hydrogen-bond donors (Lipinski definition) is 1. The van der Waals surface area contributed by atoms with E-state index in [1.54, 1.807) is 24.3 Å². The summed E-state index contributed by atoms with van der Waals surface area (Å²) in [6.07, 6.45) is 1.43. The van der Waals surface area contributed by atoms with E-state index in [2.05, 4.69) is 10.4 Å². The molecule has 0 radical (unpaired) electrons. The van der Waals surface area contributed by atoms with Gasteiger partial charge in [0.05, 0.1) is 22.3 Å². The third kappa shape index (κ3) is 4.08. The van der Waals surface area contributed by atoms with Crippen LogP contribution in [0.4, 0.5) is 0 Å². The van der Waals surface area contributed by atoms with Crippen molar-refractivity contribution in [2.45, 2.75) is 32.6 Å². The Hall–Kier alpha value is -4.32. The highest BCUT2D eigenvalue weighted by Gasteiger charge is 2.41. The summed E-state index contributed by atoms with van der Waals surface area (Å²) in [5, 5.41) is 1.44. The van der Waals surface area contributed by atoms with E-state index in [-0.39, 0.29) is 11.5 Å². The monoisotopic (exact) mass is 463 g/mol. The molecule has 3 amide bonds. The average molecular weight is 464 g/mol. The molecule has 0 aliphatic carbocycles. The first kappa shape index (κ1) is 22.5. The Morgan fingerprint density at radius 1 is 0.829 bits per heavy atom. The molecule has 1 aromatic heterocycles. The Morgan fingerprint density at radius 2 is 1.49 bits per heavy atom. The van der Waals surface area contributed by atoms with Gasteiger partial charge in [0.1, 0.15) is 0 Å². The van der Waals surface area contributed by atoms with Gasteiger partial charge in [0.25, 0.3) is 17.7 Å². The van der Waals surface area contributed by atoms with Gasteiger partial charge in [-0.1, -0.05) is 80.6 Å². The molecule has 2 heterocycles. The van der Waals surface area contributed by atoms with Gasteiger partial charge in [0, 0.05) is 10.9 Å². The lowest BCUT2D eigenvalue weighted by Crippen LogP contribution is -2.46. The topological polar surface area (TPSA) is 79.4 Å². The maximum atomic E-state index is 13.4. The minimum absolute atomic E-state index is 0.0699. The van der Waals surface area contributed by atoms with Gasteiger partial charge in [-0.15, -0.1) is 0 Å². The first-order chi connectivity index (χ1) is 17.0. The van der Waals surface area contributed by atoms with E-state index < -0.39 is 17.7 Å². The lowest BCUT2D eigenvalue weighted by molar-refractivity contribution is 0.0517. The zero-order valence-corrected chi connectivity index (χ0v) is 19.6. The molecule has 0 saturated carbocycles. The van der Waals surface area contributed by atoms with Crippen LogP contribution in [0.1, 0.15) is 67.7 Å². The number of benzene rings is 3. The molecule has 1 aliphatic heterocycles. The number of nitrogens with zero attached hydrogens (tertiary/aromatic N) is 2. The highest BCUT2D eigenvalue weighted by molar-refractivity contribution is 6.27. The van der Waals surface area contributed by atoms with E-state index in [9.17, 15) is 14.4 Å². The van der Waals surface area contributed by atoms with Crippen LogP contribution in [-0.2, 0) is 12.8 Å². The largest absolute Gasteiger partial charge is 0.282 e. The molecular weight excluding hydrogens is 438 g/mol. The quantitative estimate of drug-likeness (QED) is 0.404. The van der Waals surface area contributed by atoms with Crippen LogP contribution in [0.2, 0.25) is 0 Å². The normalized spacial score (nSPS) is 12.9. The number of pyridine rings is 1. The summed E-state index contributed by atoms with van der Waals surface area (Å²) in [6, 6.07) is 24.6. The van der Waals surface area contributed by atoms with Crippen molar-refractivity contribution in [2.75, 3.05) is 0 Å². The van der Waals surface area contributed by atoms with Gasteiger partial charge in [-0.3, -0.25) is 24.8 Å². The Kier molecular flexibility index (Phi) is 5.87. The molecule has 1 aliphatic rings. The fourth-order valence-electron chi connectivity index (χ4n) is 4.55. The lowest BCUT2D eigenvalue weighted by atomic mass is 9.97. The van der Waals surface area contributed by atoms with Crippen molar-refractivity contribution in [3.8, 4) is 0 Å². The molecular formula is C29H25N3O3. The van der Waals surface area contributed by atoms with Crippen LogP contribution in [0.25, 0.3) is 10.9 Å². The Morgan fingerprint density at radius 3 is 2.26 bits per heavy atom. The molecule has 6 nitrogen and oxygen atoms in total. The first-order valence-corrected chi connectivity index (χ1v) is 11.7. The van der Waals surface area contributed by atoms with E-state index in [1.807, 2.05) is 68.4 Å². The molecule has 174 valence electrons. The van der Waals surface area contributed by atoms with Crippen molar-refractivity contribution in [3.63, 3.8) is 0 Å². The van der Waals surface area contributed by atoms with E-state index in [0.29, 0.717) is 34.1 Å². The van der Waals surface area contributed by atoms with E-state index in [4.69, 9.17) is 0 Å². The smallest absolute Gasteiger partial charge is 0.267 e. The third-order valence-electron chi connectivity index (χ3n) is 6.30. The van der Waals surface area contributed by atoms with Crippen molar-refractivity contribution >= 4 is 28.6 Å². The molecule has 0 fully saturated rings. The number of amides is 3. The molecule has 0 unspecified atom stereocenters. The van der Waals surface area contributed by atoms with E-state index in [1.165, 1.54) is 5.56 Å². The minimum Gasteiger partial charge on any atom is -0.267 e. The van der Waals surface area contributed by atoms with Crippen LogP contribution >= 0.6 is 0 Å². The Balaban J connectivity index is 1.45. The molecule has 6 heteroatoms. The number of aryl methyl sites for hydroxylation is 2. The van der Waals surface area contributed by atoms with Gasteiger partial charge in [0.15, 0.2) is 0 Å². The van der Waals surface area contributed by atoms with Crippen molar-refractivity contribution in [3.05, 3.63) is 112 Å². The zero-order chi connectivity index (χ0) is 24.5. The number of nitrogens with one attached hydrogen (secondary N) is 1. The number of para-hydroxylation sites is 1. The van der Waals surface area contributed by atoms with Gasteiger partial charge in [0.2, 0.25) is 0 Å². The minimum atomic E-state index is -0.554. The van der Waals surface area contributed by atoms with E-state index >= 15 is 0 Å². The van der Waals surface area contributed by atoms with Gasteiger partial charge < -0.3 is 0 Å². The molecule has 0 saturated heterocycles. The molecule has 0 bridgehead atoms. The molecule has 0 atom stereocenters. The summed E-state index contributed by atoms with van der Waals surface area (Å²) >= 11 is 0. The standard InChI is InChI=1S/C29H25N3O3/c1-18(2)26-25-24(22-14-8-9-15-23(22)30-26)28(34)32(29(25)35)31-27(33)21-13-7-6-12-20(21)17-16-19-10-4-3-5-11-19/h3-15,18H,16-17H2,1-2H3,(H,31,33). The summed E-state index contributed by atoms with van der Waals surface area (Å²) in [5.74, 6) is -1.66. The highest BCUT2D eigenvalue weighted by Crippen LogP contribution is 2.33. The maximum Gasteiger partial charge on any atom is 0.282 e. The summed E-state index contributed by atoms with van der Waals surface area (Å²) in [7, 11) is 0. The lowest BCUT2D eigenvalue weighted by Gasteiger charge is -2.17. The number of hydrogen-bond acceptors (Lipinski definition) is 4. The summed E-state index contributed by atoms with van der Waals surface area (Å²) in [5.41, 5.74) is 6.79. The van der Waals surface area contributed by atoms with Crippen molar-refractivity contribution in [2.24, 2.45) is 0 Å². The Labute approximate surface area is 203 Å². The van der Waals surface area contributed by atoms with Crippen LogP contribution in [0, 0.1) is 0 Å². The summed E-state index contributed by atoms with van der Waals surface area (Å²) in [4.78, 5) is 44.8. The number of imide groups is 1. The average Bonchev–Trinajstić information content (AvgIpc) is 3.13. The fourth-order valence-corrected chi connectivity index (χ4v) is 4.55. The van der Waals surface area contributed by atoms with Crippen LogP contribution in [0.15, 0.2) is 78.9 Å². The number of hydrazine groups is 1. The number of rotatable bonds is 6. The number of carbonyl (C=O) groups is 3. The molecule has 3 aromatic carbocycles. The Bertz CT molecular complexity index is 1460. The summed E-state index contributed by atoms with van der Waals surface area (Å²) < 4.78 is 0.